The Kier molecular flexibility index (Phi) is 5.42. The average molecular weight is 428 g/mol. The molecule has 2 atom stereocenters. The molecule has 1 aliphatic heterocycles. The number of hydrogen-bond donors (Lipinski definition) is 2. The Hall–Kier alpha value is -4.10. The van der Waals surface area contributed by atoms with E-state index in [1.807, 2.05) is 0 Å². The van der Waals surface area contributed by atoms with E-state index in [0.29, 0.717) is 0 Å². The lowest BCUT2D eigenvalue weighted by atomic mass is 9.76. The van der Waals surface area contributed by atoms with Gasteiger partial charge in [0, 0.05) is 29.3 Å². The monoisotopic (exact) mass is 428 g/mol. The summed E-state index contributed by atoms with van der Waals surface area (Å²) in [5.74, 6) is -2.90. The standard InChI is InChI=1S/C25H20N2O5/c1-27-23(30)18-14-8-9-15-19(18)25(32,24(27)31)21(20(28)16-10-4-2-5-11-16)26-22(29)17-12-6-3-7-13-17/h2-15,21,32H,1H3,(H,26,29)/t21-,25+/m1/s1. The third-order valence-corrected chi connectivity index (χ3v) is 5.55. The van der Waals surface area contributed by atoms with Crippen LogP contribution in [0.1, 0.15) is 36.6 Å². The van der Waals surface area contributed by atoms with Crippen molar-refractivity contribution in [2.24, 2.45) is 0 Å². The first-order valence-corrected chi connectivity index (χ1v) is 9.95. The zero-order chi connectivity index (χ0) is 22.9. The van der Waals surface area contributed by atoms with Crippen molar-refractivity contribution < 1.29 is 24.3 Å². The highest BCUT2D eigenvalue weighted by Gasteiger charge is 2.56. The summed E-state index contributed by atoms with van der Waals surface area (Å²) in [6.07, 6.45) is 0. The third kappa shape index (κ3) is 3.38. The lowest BCUT2D eigenvalue weighted by Gasteiger charge is -2.41. The number of aliphatic hydroxyl groups is 1. The number of hydrogen-bond acceptors (Lipinski definition) is 5. The van der Waals surface area contributed by atoms with Crippen molar-refractivity contribution in [3.63, 3.8) is 0 Å². The fraction of sp³-hybridized carbons (Fsp3) is 0.120. The van der Waals surface area contributed by atoms with E-state index in [9.17, 15) is 24.3 Å². The topological polar surface area (TPSA) is 104 Å². The molecule has 4 rings (SSSR count). The maximum atomic E-state index is 13.5. The molecule has 7 nitrogen and oxygen atoms in total. The normalized spacial score (nSPS) is 18.6. The minimum absolute atomic E-state index is 0.0317. The Bertz CT molecular complexity index is 1210. The minimum atomic E-state index is -2.49. The molecule has 1 aliphatic rings. The zero-order valence-electron chi connectivity index (χ0n) is 17.2. The predicted molar refractivity (Wildman–Crippen MR) is 116 cm³/mol. The van der Waals surface area contributed by atoms with Crippen LogP contribution in [0.4, 0.5) is 0 Å². The molecule has 1 heterocycles. The number of carbonyl (C=O) groups excluding carboxylic acids is 4. The van der Waals surface area contributed by atoms with Crippen molar-refractivity contribution in [2.75, 3.05) is 7.05 Å². The Labute approximate surface area is 184 Å². The lowest BCUT2D eigenvalue weighted by molar-refractivity contribution is -0.151. The molecule has 0 unspecified atom stereocenters. The summed E-state index contributed by atoms with van der Waals surface area (Å²) < 4.78 is 0. The van der Waals surface area contributed by atoms with Gasteiger partial charge in [0.2, 0.25) is 0 Å². The van der Waals surface area contributed by atoms with E-state index in [2.05, 4.69) is 5.32 Å². The van der Waals surface area contributed by atoms with Crippen LogP contribution in [0.2, 0.25) is 0 Å². The van der Waals surface area contributed by atoms with E-state index in [1.54, 1.807) is 60.7 Å². The van der Waals surface area contributed by atoms with Gasteiger partial charge in [-0.1, -0.05) is 66.7 Å². The van der Waals surface area contributed by atoms with Crippen molar-refractivity contribution in [1.82, 2.24) is 10.2 Å². The van der Waals surface area contributed by atoms with Crippen molar-refractivity contribution >= 4 is 23.5 Å². The lowest BCUT2D eigenvalue weighted by Crippen LogP contribution is -2.65. The largest absolute Gasteiger partial charge is 0.373 e. The fourth-order valence-electron chi connectivity index (χ4n) is 3.86. The number of imide groups is 1. The van der Waals surface area contributed by atoms with Crippen LogP contribution in [0, 0.1) is 0 Å². The molecule has 0 bridgehead atoms. The third-order valence-electron chi connectivity index (χ3n) is 5.55. The molecule has 2 N–H and O–H groups in total. The number of fused-ring (bicyclic) bond motifs is 1. The molecule has 7 heteroatoms. The number of nitrogens with one attached hydrogen (secondary N) is 1. The second-order valence-corrected chi connectivity index (χ2v) is 7.48. The smallest absolute Gasteiger partial charge is 0.268 e. The second-order valence-electron chi connectivity index (χ2n) is 7.48. The predicted octanol–water partition coefficient (Wildman–Crippen LogP) is 2.17. The number of amides is 3. The SMILES string of the molecule is CN1C(=O)c2ccccc2[C@](O)([C@H](NC(=O)c2ccccc2)C(=O)c2ccccc2)C1=O. The van der Waals surface area contributed by atoms with E-state index in [0.717, 1.165) is 4.90 Å². The maximum Gasteiger partial charge on any atom is 0.268 e. The number of rotatable bonds is 5. The Balaban J connectivity index is 1.88. The number of Topliss-reactive ketones (excluding diaryl/α,β-unsaturated/α-hetero) is 1. The summed E-state index contributed by atoms with van der Waals surface area (Å²) in [5.41, 5.74) is -1.99. The van der Waals surface area contributed by atoms with E-state index >= 15 is 0 Å². The summed E-state index contributed by atoms with van der Waals surface area (Å²) in [7, 11) is 1.23. The first-order valence-electron chi connectivity index (χ1n) is 9.95. The second kappa shape index (κ2) is 8.20. The van der Waals surface area contributed by atoms with Crippen molar-refractivity contribution in [2.45, 2.75) is 11.6 Å². The molecule has 0 saturated carbocycles. The van der Waals surface area contributed by atoms with Crippen LogP contribution in [0.5, 0.6) is 0 Å². The van der Waals surface area contributed by atoms with Crippen molar-refractivity contribution in [3.05, 3.63) is 107 Å². The van der Waals surface area contributed by atoms with Crippen LogP contribution in [-0.2, 0) is 10.4 Å². The van der Waals surface area contributed by atoms with Crippen LogP contribution >= 0.6 is 0 Å². The zero-order valence-corrected chi connectivity index (χ0v) is 17.2. The number of likely N-dealkylation sites (N-methyl/N-ethyl adjacent to an activating group) is 1. The summed E-state index contributed by atoms with van der Waals surface area (Å²) in [6, 6.07) is 20.6. The van der Waals surface area contributed by atoms with Crippen molar-refractivity contribution in [3.8, 4) is 0 Å². The van der Waals surface area contributed by atoms with Crippen molar-refractivity contribution in [1.29, 1.82) is 0 Å². The summed E-state index contributed by atoms with van der Waals surface area (Å²) in [5, 5.41) is 14.3. The van der Waals surface area contributed by atoms with Gasteiger partial charge in [0.1, 0.15) is 6.04 Å². The van der Waals surface area contributed by atoms with Crippen LogP contribution in [0.15, 0.2) is 84.9 Å². The molecule has 32 heavy (non-hydrogen) atoms. The highest BCUT2D eigenvalue weighted by Crippen LogP contribution is 2.36. The maximum absolute atomic E-state index is 13.5. The Morgan fingerprint density at radius 1 is 0.844 bits per heavy atom. The van der Waals surface area contributed by atoms with Crippen LogP contribution in [0.3, 0.4) is 0 Å². The fourth-order valence-corrected chi connectivity index (χ4v) is 3.86. The van der Waals surface area contributed by atoms with E-state index in [1.165, 1.54) is 31.3 Å². The van der Waals surface area contributed by atoms with Gasteiger partial charge in [-0.2, -0.15) is 0 Å². The molecular formula is C25H20N2O5. The molecule has 0 aliphatic carbocycles. The molecule has 0 spiro atoms. The van der Waals surface area contributed by atoms with Gasteiger partial charge < -0.3 is 10.4 Å². The molecule has 0 fully saturated rings. The number of benzene rings is 3. The van der Waals surface area contributed by atoms with E-state index in [4.69, 9.17) is 0 Å². The average Bonchev–Trinajstić information content (AvgIpc) is 2.85. The van der Waals surface area contributed by atoms with Crippen LogP contribution in [-0.4, -0.2) is 46.6 Å². The van der Waals surface area contributed by atoms with Crippen LogP contribution < -0.4 is 5.32 Å². The van der Waals surface area contributed by atoms with Crippen LogP contribution in [0.25, 0.3) is 0 Å². The molecule has 160 valence electrons. The quantitative estimate of drug-likeness (QED) is 0.479. The number of ketones is 1. The van der Waals surface area contributed by atoms with E-state index in [-0.39, 0.29) is 22.3 Å². The van der Waals surface area contributed by atoms with Gasteiger partial charge in [-0.15, -0.1) is 0 Å². The van der Waals surface area contributed by atoms with Gasteiger partial charge in [0.25, 0.3) is 17.7 Å². The first-order chi connectivity index (χ1) is 15.4. The molecule has 0 saturated heterocycles. The minimum Gasteiger partial charge on any atom is -0.373 e. The highest BCUT2D eigenvalue weighted by molar-refractivity contribution is 6.16. The molecule has 3 amide bonds. The first kappa shape index (κ1) is 21.1. The molecule has 3 aromatic carbocycles. The van der Waals surface area contributed by atoms with E-state index < -0.39 is 35.1 Å². The molecule has 0 radical (unpaired) electrons. The van der Waals surface area contributed by atoms with Gasteiger partial charge in [0.05, 0.1) is 0 Å². The number of carbonyl (C=O) groups is 4. The van der Waals surface area contributed by atoms with Gasteiger partial charge >= 0.3 is 0 Å². The van der Waals surface area contributed by atoms with Gasteiger partial charge in [0.15, 0.2) is 11.4 Å². The van der Waals surface area contributed by atoms with Gasteiger partial charge in [-0.05, 0) is 18.2 Å². The summed E-state index contributed by atoms with van der Waals surface area (Å²) >= 11 is 0. The Morgan fingerprint density at radius 3 is 2.00 bits per heavy atom. The summed E-state index contributed by atoms with van der Waals surface area (Å²) in [6.45, 7) is 0. The molecule has 3 aromatic rings. The van der Waals surface area contributed by atoms with Gasteiger partial charge in [-0.25, -0.2) is 0 Å². The Morgan fingerprint density at radius 2 is 1.38 bits per heavy atom. The summed E-state index contributed by atoms with van der Waals surface area (Å²) in [4.78, 5) is 53.2. The highest BCUT2D eigenvalue weighted by atomic mass is 16.3. The van der Waals surface area contributed by atoms with Gasteiger partial charge in [-0.3, -0.25) is 24.1 Å². The molecular weight excluding hydrogens is 408 g/mol. The molecule has 0 aromatic heterocycles. The number of nitrogens with zero attached hydrogens (tertiary/aromatic N) is 1.